The summed E-state index contributed by atoms with van der Waals surface area (Å²) in [7, 11) is 1.12. The zero-order valence-electron chi connectivity index (χ0n) is 10.6. The topological polar surface area (TPSA) is 0 Å². The van der Waals surface area contributed by atoms with Crippen LogP contribution < -0.4 is 0 Å². The lowest BCUT2D eigenvalue weighted by Crippen LogP contribution is -1.98. The van der Waals surface area contributed by atoms with Crippen molar-refractivity contribution in [3.8, 4) is 0 Å². The molecule has 0 heterocycles. The van der Waals surface area contributed by atoms with Gasteiger partial charge in [0.2, 0.25) is 0 Å². The Balaban J connectivity index is 3.48. The summed E-state index contributed by atoms with van der Waals surface area (Å²) in [5.41, 5.74) is 0. The first-order valence-electron chi connectivity index (χ1n) is 5.58. The first-order valence-corrected chi connectivity index (χ1v) is 12.3. The van der Waals surface area contributed by atoms with E-state index in [1.807, 2.05) is 0 Å². The molecule has 0 aromatic rings. The maximum atomic E-state index is 2.41. The second-order valence-electron chi connectivity index (χ2n) is 4.39. The van der Waals surface area contributed by atoms with Crippen LogP contribution in [0.3, 0.4) is 0 Å². The third-order valence-corrected chi connectivity index (χ3v) is 7.77. The van der Waals surface area contributed by atoms with Crippen molar-refractivity contribution in [2.75, 3.05) is 57.5 Å². The molecule has 0 nitrogen and oxygen atoms in total. The Morgan fingerprint density at radius 1 is 0.714 bits per heavy atom. The van der Waals surface area contributed by atoms with E-state index in [4.69, 9.17) is 0 Å². The molecule has 1 atom stereocenters. The lowest BCUT2D eigenvalue weighted by Gasteiger charge is -2.17. The van der Waals surface area contributed by atoms with E-state index in [0.29, 0.717) is 23.8 Å². The van der Waals surface area contributed by atoms with Gasteiger partial charge >= 0.3 is 0 Å². The second kappa shape index (κ2) is 9.51. The molecule has 0 aliphatic carbocycles. The molecule has 0 amide bonds. The van der Waals surface area contributed by atoms with Gasteiger partial charge in [-0.2, -0.15) is 0 Å². The van der Waals surface area contributed by atoms with Crippen LogP contribution in [-0.2, 0) is 0 Å². The van der Waals surface area contributed by atoms with Crippen LogP contribution in [-0.4, -0.2) is 57.5 Å². The maximum Gasteiger partial charge on any atom is -0.0287 e. The fourth-order valence-electron chi connectivity index (χ4n) is 1.38. The summed E-state index contributed by atoms with van der Waals surface area (Å²) in [4.78, 5) is 0. The van der Waals surface area contributed by atoms with Gasteiger partial charge in [-0.15, -0.1) is 23.8 Å². The molecule has 86 valence electrons. The van der Waals surface area contributed by atoms with E-state index >= 15 is 0 Å². The van der Waals surface area contributed by atoms with Gasteiger partial charge in [0.1, 0.15) is 0 Å². The molecule has 0 saturated carbocycles. The van der Waals surface area contributed by atoms with Gasteiger partial charge in [0.05, 0.1) is 0 Å². The van der Waals surface area contributed by atoms with Crippen LogP contribution in [0.5, 0.6) is 0 Å². The molecule has 0 saturated heterocycles. The molecule has 0 aromatic carbocycles. The average molecular weight is 252 g/mol. The summed E-state index contributed by atoms with van der Waals surface area (Å²) in [5, 5.41) is 0. The van der Waals surface area contributed by atoms with E-state index in [9.17, 15) is 0 Å². The van der Waals surface area contributed by atoms with Gasteiger partial charge in [0, 0.05) is 0 Å². The van der Waals surface area contributed by atoms with Crippen LogP contribution in [0.2, 0.25) is 0 Å². The first-order chi connectivity index (χ1) is 6.56. The minimum atomic E-state index is 0.354. The van der Waals surface area contributed by atoms with E-state index in [2.05, 4.69) is 33.6 Å². The van der Waals surface area contributed by atoms with E-state index in [1.165, 1.54) is 24.9 Å². The highest BCUT2D eigenvalue weighted by molar-refractivity contribution is 7.61. The standard InChI is InChI=1S/C11H27P3/c1-6-14(11-10-13(4)5)9-7-8-12(2)3/h6-11H2,1-5H3. The molecule has 0 spiro atoms. The summed E-state index contributed by atoms with van der Waals surface area (Å²) in [6, 6.07) is 0. The Labute approximate surface area is 94.9 Å². The van der Waals surface area contributed by atoms with E-state index in [0.717, 1.165) is 0 Å². The van der Waals surface area contributed by atoms with Gasteiger partial charge in [-0.1, -0.05) is 6.92 Å². The normalized spacial score (nSPS) is 13.9. The average Bonchev–Trinajstić information content (AvgIpc) is 2.10. The quantitative estimate of drug-likeness (QED) is 0.563. The summed E-state index contributed by atoms with van der Waals surface area (Å²) in [6.07, 6.45) is 9.09. The monoisotopic (exact) mass is 252 g/mol. The highest BCUT2D eigenvalue weighted by Crippen LogP contribution is 2.40. The van der Waals surface area contributed by atoms with Crippen molar-refractivity contribution in [3.63, 3.8) is 0 Å². The Hall–Kier alpha value is 1.29. The molecule has 14 heavy (non-hydrogen) atoms. The highest BCUT2D eigenvalue weighted by Gasteiger charge is 2.06. The van der Waals surface area contributed by atoms with E-state index < -0.39 is 0 Å². The van der Waals surface area contributed by atoms with Gasteiger partial charge in [-0.25, -0.2) is 0 Å². The fraction of sp³-hybridized carbons (Fsp3) is 1.00. The Bertz CT molecular complexity index is 124. The van der Waals surface area contributed by atoms with Crippen molar-refractivity contribution < 1.29 is 0 Å². The van der Waals surface area contributed by atoms with Crippen molar-refractivity contribution in [2.24, 2.45) is 0 Å². The summed E-state index contributed by atoms with van der Waals surface area (Å²) < 4.78 is 0. The predicted molar refractivity (Wildman–Crippen MR) is 79.1 cm³/mol. The van der Waals surface area contributed by atoms with Crippen LogP contribution in [0.1, 0.15) is 13.3 Å². The Morgan fingerprint density at radius 2 is 1.29 bits per heavy atom. The second-order valence-corrected chi connectivity index (χ2v) is 12.5. The number of hydrogen-bond donors (Lipinski definition) is 0. The lowest BCUT2D eigenvalue weighted by molar-refractivity contribution is 1.09. The van der Waals surface area contributed by atoms with Gasteiger partial charge in [-0.3, -0.25) is 0 Å². The molecule has 0 bridgehead atoms. The molecule has 0 aliphatic heterocycles. The molecule has 0 aliphatic rings. The Kier molecular flexibility index (Phi) is 10.4. The van der Waals surface area contributed by atoms with Gasteiger partial charge in [-0.05, 0) is 63.9 Å². The maximum absolute atomic E-state index is 2.41. The highest BCUT2D eigenvalue weighted by atomic mass is 31.1. The number of rotatable bonds is 8. The van der Waals surface area contributed by atoms with Gasteiger partial charge < -0.3 is 0 Å². The van der Waals surface area contributed by atoms with E-state index in [1.54, 1.807) is 12.3 Å². The summed E-state index contributed by atoms with van der Waals surface area (Å²) in [5.74, 6) is 0. The van der Waals surface area contributed by atoms with Crippen molar-refractivity contribution in [3.05, 3.63) is 0 Å². The van der Waals surface area contributed by atoms with Crippen LogP contribution in [0.15, 0.2) is 0 Å². The molecule has 1 unspecified atom stereocenters. The minimum Gasteiger partial charge on any atom is -0.113 e. The molecule has 0 radical (unpaired) electrons. The smallest absolute Gasteiger partial charge is 0.0287 e. The van der Waals surface area contributed by atoms with Crippen molar-refractivity contribution in [2.45, 2.75) is 13.3 Å². The summed E-state index contributed by atoms with van der Waals surface area (Å²) in [6.45, 7) is 12.0. The molecular weight excluding hydrogens is 225 g/mol. The third-order valence-electron chi connectivity index (χ3n) is 2.39. The molecule has 0 aromatic heterocycles. The zero-order valence-corrected chi connectivity index (χ0v) is 13.3. The van der Waals surface area contributed by atoms with Crippen LogP contribution in [0.25, 0.3) is 0 Å². The van der Waals surface area contributed by atoms with Crippen LogP contribution in [0.4, 0.5) is 0 Å². The fourth-order valence-corrected chi connectivity index (χ4v) is 6.61. The SMILES string of the molecule is CCP(CCCP(C)C)CCP(C)C. The van der Waals surface area contributed by atoms with Crippen LogP contribution >= 0.6 is 23.8 Å². The predicted octanol–water partition coefficient (Wildman–Crippen LogP) is 4.36. The third kappa shape index (κ3) is 9.83. The Morgan fingerprint density at radius 3 is 1.71 bits per heavy atom. The van der Waals surface area contributed by atoms with Gasteiger partial charge in [0.15, 0.2) is 0 Å². The molecule has 0 N–H and O–H groups in total. The number of hydrogen-bond acceptors (Lipinski definition) is 0. The summed E-state index contributed by atoms with van der Waals surface area (Å²) >= 11 is 0. The molecular formula is C11H27P3. The van der Waals surface area contributed by atoms with E-state index in [-0.39, 0.29) is 0 Å². The zero-order chi connectivity index (χ0) is 11.0. The van der Waals surface area contributed by atoms with Crippen molar-refractivity contribution in [1.29, 1.82) is 0 Å². The van der Waals surface area contributed by atoms with Crippen molar-refractivity contribution in [1.82, 2.24) is 0 Å². The lowest BCUT2D eigenvalue weighted by atomic mass is 10.6. The van der Waals surface area contributed by atoms with Gasteiger partial charge in [0.25, 0.3) is 0 Å². The minimum absolute atomic E-state index is 0.354. The van der Waals surface area contributed by atoms with Crippen LogP contribution in [0, 0.1) is 0 Å². The molecule has 0 rings (SSSR count). The molecule has 3 heteroatoms. The first kappa shape index (κ1) is 15.3. The largest absolute Gasteiger partial charge is 0.113 e. The van der Waals surface area contributed by atoms with Crippen molar-refractivity contribution >= 4 is 23.8 Å². The molecule has 0 fully saturated rings.